The minimum atomic E-state index is -5.83. The van der Waals surface area contributed by atoms with Crippen molar-refractivity contribution in [2.45, 2.75) is 102 Å². The van der Waals surface area contributed by atoms with Crippen LogP contribution in [0.2, 0.25) is 0 Å². The predicted octanol–water partition coefficient (Wildman–Crippen LogP) is 3.54. The molecule has 13 atom stereocenters. The first-order valence-corrected chi connectivity index (χ1v) is 17.1. The smallest absolute Gasteiger partial charge is 0.405 e. The number of fused-ring (bicyclic) bond motifs is 6. The second kappa shape index (κ2) is 10.6. The highest BCUT2D eigenvalue weighted by molar-refractivity contribution is 7.86. The molecule has 0 aromatic carbocycles. The third-order valence-electron chi connectivity index (χ3n) is 12.0. The number of hydrogen-bond acceptors (Lipinski definition) is 10. The molecule has 11 nitrogen and oxygen atoms in total. The third-order valence-corrected chi connectivity index (χ3v) is 13.0. The normalized spacial score (nSPS) is 42.4. The number of ether oxygens (including phenoxy) is 4. The fourth-order valence-corrected chi connectivity index (χ4v) is 10.7. The maximum atomic E-state index is 14.1. The van der Waals surface area contributed by atoms with Gasteiger partial charge in [-0.25, -0.2) is 0 Å². The Kier molecular flexibility index (Phi) is 7.62. The number of carbonyl (C=O) groups excluding carboxylic acids is 4. The van der Waals surface area contributed by atoms with Crippen LogP contribution in [0.3, 0.4) is 0 Å². The van der Waals surface area contributed by atoms with E-state index in [2.05, 4.69) is 18.6 Å². The Morgan fingerprint density at radius 2 is 1.75 bits per heavy atom. The van der Waals surface area contributed by atoms with E-state index in [4.69, 9.17) is 18.8 Å². The van der Waals surface area contributed by atoms with Crippen LogP contribution in [0.4, 0.5) is 8.78 Å². The van der Waals surface area contributed by atoms with E-state index in [9.17, 15) is 36.4 Å². The van der Waals surface area contributed by atoms with E-state index in [1.807, 2.05) is 6.92 Å². The molecular formula is C30H40F2O11S. The van der Waals surface area contributed by atoms with Gasteiger partial charge in [0.15, 0.2) is 6.10 Å². The lowest BCUT2D eigenvalue weighted by Gasteiger charge is -2.46. The van der Waals surface area contributed by atoms with Crippen molar-refractivity contribution in [3.05, 3.63) is 0 Å². The molecule has 0 aromatic heterocycles. The van der Waals surface area contributed by atoms with Gasteiger partial charge >= 0.3 is 39.2 Å². The van der Waals surface area contributed by atoms with Gasteiger partial charge in [-0.15, -0.1) is 0 Å². The van der Waals surface area contributed by atoms with Crippen LogP contribution in [0.15, 0.2) is 0 Å². The van der Waals surface area contributed by atoms with Crippen LogP contribution in [-0.4, -0.2) is 66.0 Å². The number of esters is 4. The topological polar surface area (TPSA) is 160 Å². The Bertz CT molecular complexity index is 1350. The monoisotopic (exact) mass is 646 g/mol. The molecule has 1 saturated heterocycles. The molecule has 1 aliphatic heterocycles. The molecule has 246 valence electrons. The summed E-state index contributed by atoms with van der Waals surface area (Å²) in [5.74, 6) is -3.62. The molecule has 12 unspecified atom stereocenters. The first-order chi connectivity index (χ1) is 20.5. The van der Waals surface area contributed by atoms with Crippen LogP contribution >= 0.6 is 0 Å². The Labute approximate surface area is 254 Å². The second-order valence-electron chi connectivity index (χ2n) is 14.2. The minimum absolute atomic E-state index is 0.0934. The van der Waals surface area contributed by atoms with Crippen LogP contribution in [0, 0.1) is 59.2 Å². The fraction of sp³-hybridized carbons (Fsp3) is 0.867. The molecule has 6 rings (SSSR count). The molecule has 0 aromatic rings. The molecule has 0 amide bonds. The Morgan fingerprint density at radius 1 is 1.09 bits per heavy atom. The zero-order chi connectivity index (χ0) is 32.1. The summed E-state index contributed by atoms with van der Waals surface area (Å²) in [5, 5.41) is -4.74. The molecule has 6 fully saturated rings. The van der Waals surface area contributed by atoms with Gasteiger partial charge in [-0.3, -0.25) is 23.7 Å². The van der Waals surface area contributed by atoms with Gasteiger partial charge in [-0.05, 0) is 62.2 Å². The molecule has 4 bridgehead atoms. The van der Waals surface area contributed by atoms with Crippen molar-refractivity contribution < 1.29 is 59.9 Å². The Morgan fingerprint density at radius 3 is 2.41 bits per heavy atom. The van der Waals surface area contributed by atoms with Crippen molar-refractivity contribution >= 4 is 34.0 Å². The van der Waals surface area contributed by atoms with E-state index >= 15 is 0 Å². The minimum Gasteiger partial charge on any atom is -0.458 e. The molecule has 0 spiro atoms. The summed E-state index contributed by atoms with van der Waals surface area (Å²) in [6, 6.07) is 0. The first kappa shape index (κ1) is 31.6. The number of hydrogen-bond donors (Lipinski definition) is 1. The standard InChI is InChI=1S/C30H40F2O11S/c1-12(2)29(11-15-10-18(29)17-7-5-6-16(15)17)43-28(36)24-22-13(3)21-23(24)27(35)42-26(21)25(22)41-20(34)9-8-19(33)40-14(4)30(31,32)44(37,38)39/h12-18,21-26H,5-11H2,1-4H3,(H,37,38,39)/t13-,14?,15?,16?,17?,18?,21?,22?,23?,24?,25?,26?,29?/m0/s1. The zero-order valence-electron chi connectivity index (χ0n) is 25.1. The molecular weight excluding hydrogens is 606 g/mol. The molecule has 5 aliphatic carbocycles. The van der Waals surface area contributed by atoms with Gasteiger partial charge in [0.05, 0.1) is 24.7 Å². The number of rotatable bonds is 10. The third kappa shape index (κ3) is 4.59. The summed E-state index contributed by atoms with van der Waals surface area (Å²) in [6.45, 7) is 6.66. The van der Waals surface area contributed by atoms with Gasteiger partial charge in [0.25, 0.3) is 0 Å². The van der Waals surface area contributed by atoms with Gasteiger partial charge in [0.1, 0.15) is 17.8 Å². The lowest BCUT2D eigenvalue weighted by Crippen LogP contribution is -2.52. The molecule has 5 saturated carbocycles. The molecule has 44 heavy (non-hydrogen) atoms. The lowest BCUT2D eigenvalue weighted by atomic mass is 9.68. The second-order valence-corrected chi connectivity index (χ2v) is 15.7. The fourth-order valence-electron chi connectivity index (χ4n) is 10.2. The largest absolute Gasteiger partial charge is 0.458 e. The van der Waals surface area contributed by atoms with E-state index in [1.54, 1.807) is 0 Å². The van der Waals surface area contributed by atoms with Gasteiger partial charge < -0.3 is 18.9 Å². The molecule has 14 heteroatoms. The molecule has 0 radical (unpaired) electrons. The van der Waals surface area contributed by atoms with E-state index in [0.29, 0.717) is 24.7 Å². The summed E-state index contributed by atoms with van der Waals surface area (Å²) >= 11 is 0. The van der Waals surface area contributed by atoms with Crippen molar-refractivity contribution in [2.75, 3.05) is 0 Å². The van der Waals surface area contributed by atoms with Crippen LogP contribution < -0.4 is 0 Å². The Balaban J connectivity index is 1.13. The average molecular weight is 647 g/mol. The van der Waals surface area contributed by atoms with Crippen molar-refractivity contribution in [1.82, 2.24) is 0 Å². The lowest BCUT2D eigenvalue weighted by molar-refractivity contribution is -0.190. The molecule has 1 heterocycles. The quantitative estimate of drug-likeness (QED) is 0.210. The number of carbonyl (C=O) groups is 4. The highest BCUT2D eigenvalue weighted by atomic mass is 32.2. The van der Waals surface area contributed by atoms with Crippen molar-refractivity contribution in [3.63, 3.8) is 0 Å². The SMILES string of the molecule is CC(C)C1(OC(=O)C2C3C(=O)OC4C(OC(=O)CCC(=O)OC(C)C(F)(F)S(=O)(=O)O)C2[C@@H](C)C43)CC2CC1C1CCCC21. The number of alkyl halides is 2. The van der Waals surface area contributed by atoms with Crippen molar-refractivity contribution in [2.24, 2.45) is 59.2 Å². The number of halogens is 2. The van der Waals surface area contributed by atoms with Crippen LogP contribution in [0.25, 0.3) is 0 Å². The summed E-state index contributed by atoms with van der Waals surface area (Å²) in [6.07, 6.45) is -0.0505. The Hall–Kier alpha value is -2.35. The van der Waals surface area contributed by atoms with Crippen LogP contribution in [0.5, 0.6) is 0 Å². The highest BCUT2D eigenvalue weighted by Gasteiger charge is 2.74. The summed E-state index contributed by atoms with van der Waals surface area (Å²) in [7, 11) is -5.83. The summed E-state index contributed by atoms with van der Waals surface area (Å²) < 4.78 is 80.1. The highest BCUT2D eigenvalue weighted by Crippen LogP contribution is 2.67. The van der Waals surface area contributed by atoms with Crippen LogP contribution in [-0.2, 0) is 48.2 Å². The molecule has 6 aliphatic rings. The van der Waals surface area contributed by atoms with Crippen LogP contribution in [0.1, 0.15) is 72.6 Å². The van der Waals surface area contributed by atoms with E-state index in [0.717, 1.165) is 19.3 Å². The van der Waals surface area contributed by atoms with E-state index in [1.165, 1.54) is 12.8 Å². The van der Waals surface area contributed by atoms with Gasteiger partial charge in [0.2, 0.25) is 0 Å². The zero-order valence-corrected chi connectivity index (χ0v) is 26.0. The summed E-state index contributed by atoms with van der Waals surface area (Å²) in [5.41, 5.74) is -0.601. The van der Waals surface area contributed by atoms with E-state index < -0.39 is 93.8 Å². The van der Waals surface area contributed by atoms with E-state index in [-0.39, 0.29) is 23.7 Å². The van der Waals surface area contributed by atoms with Gasteiger partial charge in [0, 0.05) is 17.8 Å². The molecule has 1 N–H and O–H groups in total. The predicted molar refractivity (Wildman–Crippen MR) is 145 cm³/mol. The van der Waals surface area contributed by atoms with Gasteiger partial charge in [-0.1, -0.05) is 27.2 Å². The maximum absolute atomic E-state index is 14.1. The summed E-state index contributed by atoms with van der Waals surface area (Å²) in [4.78, 5) is 52.0. The first-order valence-electron chi connectivity index (χ1n) is 15.7. The van der Waals surface area contributed by atoms with Crippen molar-refractivity contribution in [1.29, 1.82) is 0 Å². The van der Waals surface area contributed by atoms with Gasteiger partial charge in [-0.2, -0.15) is 17.2 Å². The van der Waals surface area contributed by atoms with Crippen molar-refractivity contribution in [3.8, 4) is 0 Å². The average Bonchev–Trinajstić information content (AvgIpc) is 3.74. The maximum Gasteiger partial charge on any atom is 0.405 e.